The van der Waals surface area contributed by atoms with Gasteiger partial charge in [-0.2, -0.15) is 0 Å². The Labute approximate surface area is 179 Å². The third kappa shape index (κ3) is 5.88. The number of rotatable bonds is 8. The summed E-state index contributed by atoms with van der Waals surface area (Å²) in [6, 6.07) is 13.4. The minimum absolute atomic E-state index is 0.238. The van der Waals surface area contributed by atoms with E-state index in [4.69, 9.17) is 22.9 Å². The Balaban J connectivity index is 1.60. The molecule has 7 heteroatoms. The van der Waals surface area contributed by atoms with Gasteiger partial charge in [-0.15, -0.1) is 0 Å². The Kier molecular flexibility index (Phi) is 7.80. The number of piperazine rings is 1. The molecule has 1 fully saturated rings. The lowest BCUT2D eigenvalue weighted by Gasteiger charge is -2.39. The van der Waals surface area contributed by atoms with Gasteiger partial charge in [0, 0.05) is 50.5 Å². The first-order valence-electron chi connectivity index (χ1n) is 10.4. The van der Waals surface area contributed by atoms with Crippen LogP contribution >= 0.6 is 12.2 Å². The Morgan fingerprint density at radius 2 is 1.86 bits per heavy atom. The monoisotopic (exact) mass is 412 g/mol. The van der Waals surface area contributed by atoms with Crippen molar-refractivity contribution >= 4 is 23.1 Å². The van der Waals surface area contributed by atoms with E-state index in [0.717, 1.165) is 48.7 Å². The van der Waals surface area contributed by atoms with Crippen molar-refractivity contribution in [2.45, 2.75) is 39.3 Å². The summed E-state index contributed by atoms with van der Waals surface area (Å²) in [6.45, 7) is 9.53. The van der Waals surface area contributed by atoms with Crippen LogP contribution in [0.2, 0.25) is 0 Å². The molecule has 0 bridgehead atoms. The summed E-state index contributed by atoms with van der Waals surface area (Å²) >= 11 is 4.80. The molecule has 2 aromatic rings. The van der Waals surface area contributed by atoms with Gasteiger partial charge in [-0.1, -0.05) is 32.0 Å². The summed E-state index contributed by atoms with van der Waals surface area (Å²) in [7, 11) is 0. The molecule has 0 atom stereocenters. The van der Waals surface area contributed by atoms with Crippen LogP contribution < -0.4 is 21.5 Å². The summed E-state index contributed by atoms with van der Waals surface area (Å²) < 4.78 is 0. The van der Waals surface area contributed by atoms with Gasteiger partial charge in [0.1, 0.15) is 5.82 Å². The first kappa shape index (κ1) is 21.5. The number of aromatic nitrogens is 1. The molecule has 0 amide bonds. The number of nitrogens with two attached hydrogens (primary N) is 1. The summed E-state index contributed by atoms with van der Waals surface area (Å²) in [5.41, 5.74) is 14.6. The number of benzene rings is 1. The van der Waals surface area contributed by atoms with Crippen LogP contribution in [0.5, 0.6) is 0 Å². The third-order valence-electron chi connectivity index (χ3n) is 5.61. The maximum Gasteiger partial charge on any atom is 0.178 e. The summed E-state index contributed by atoms with van der Waals surface area (Å²) in [4.78, 5) is 9.76. The molecular weight excluding hydrogens is 380 g/mol. The van der Waals surface area contributed by atoms with E-state index < -0.39 is 0 Å². The first-order chi connectivity index (χ1) is 14.1. The quantitative estimate of drug-likeness (QED) is 0.455. The molecule has 0 saturated carbocycles. The van der Waals surface area contributed by atoms with Gasteiger partial charge >= 0.3 is 0 Å². The molecule has 1 aromatic heterocycles. The van der Waals surface area contributed by atoms with Crippen molar-refractivity contribution in [1.29, 1.82) is 0 Å². The molecule has 0 radical (unpaired) electrons. The second kappa shape index (κ2) is 10.5. The summed E-state index contributed by atoms with van der Waals surface area (Å²) in [5.74, 6) is 1.07. The predicted octanol–water partition coefficient (Wildman–Crippen LogP) is 2.90. The molecule has 0 unspecified atom stereocenters. The molecule has 4 N–H and O–H groups in total. The minimum Gasteiger partial charge on any atom is -0.375 e. The van der Waals surface area contributed by atoms with Crippen LogP contribution in [0.4, 0.5) is 5.82 Å². The van der Waals surface area contributed by atoms with Gasteiger partial charge in [0.2, 0.25) is 0 Å². The average molecular weight is 413 g/mol. The highest BCUT2D eigenvalue weighted by Crippen LogP contribution is 2.23. The Morgan fingerprint density at radius 3 is 2.48 bits per heavy atom. The number of nitrogens with zero attached hydrogens (tertiary/aromatic N) is 3. The summed E-state index contributed by atoms with van der Waals surface area (Å²) in [5, 5.41) is 0.238. The maximum absolute atomic E-state index is 5.43. The smallest absolute Gasteiger partial charge is 0.178 e. The van der Waals surface area contributed by atoms with Crippen LogP contribution in [0, 0.1) is 0 Å². The maximum atomic E-state index is 5.43. The van der Waals surface area contributed by atoms with Gasteiger partial charge in [0.15, 0.2) is 5.11 Å². The zero-order valence-corrected chi connectivity index (χ0v) is 18.2. The highest BCUT2D eigenvalue weighted by atomic mass is 32.1. The van der Waals surface area contributed by atoms with E-state index >= 15 is 0 Å². The van der Waals surface area contributed by atoms with Crippen molar-refractivity contribution in [2.75, 3.05) is 31.1 Å². The lowest BCUT2D eigenvalue weighted by molar-refractivity contribution is 0.175. The lowest BCUT2D eigenvalue weighted by Crippen LogP contribution is -2.50. The highest BCUT2D eigenvalue weighted by Gasteiger charge is 2.22. The normalized spacial score (nSPS) is 14.9. The molecule has 156 valence electrons. The van der Waals surface area contributed by atoms with E-state index in [2.05, 4.69) is 70.9 Å². The molecule has 29 heavy (non-hydrogen) atoms. The number of pyridine rings is 1. The molecule has 1 saturated heterocycles. The van der Waals surface area contributed by atoms with E-state index in [1.54, 1.807) is 0 Å². The van der Waals surface area contributed by atoms with E-state index in [-0.39, 0.29) is 5.11 Å². The molecule has 0 aliphatic carbocycles. The van der Waals surface area contributed by atoms with E-state index in [1.165, 1.54) is 12.8 Å². The Morgan fingerprint density at radius 1 is 1.10 bits per heavy atom. The number of hydrogen-bond donors (Lipinski definition) is 3. The second-order valence-corrected chi connectivity index (χ2v) is 7.88. The molecule has 1 aliphatic heterocycles. The molecule has 1 aliphatic rings. The Hall–Kier alpha value is -2.22. The van der Waals surface area contributed by atoms with Gasteiger partial charge in [-0.3, -0.25) is 10.3 Å². The van der Waals surface area contributed by atoms with Crippen LogP contribution in [0.3, 0.4) is 0 Å². The highest BCUT2D eigenvalue weighted by molar-refractivity contribution is 7.80. The number of hydrogen-bond acceptors (Lipinski definition) is 5. The van der Waals surface area contributed by atoms with Crippen LogP contribution in [0.15, 0.2) is 42.6 Å². The first-order valence-corrected chi connectivity index (χ1v) is 10.8. The van der Waals surface area contributed by atoms with E-state index in [1.807, 2.05) is 6.20 Å². The van der Waals surface area contributed by atoms with Crippen molar-refractivity contribution in [3.05, 3.63) is 48.2 Å². The predicted molar refractivity (Wildman–Crippen MR) is 125 cm³/mol. The van der Waals surface area contributed by atoms with Crippen molar-refractivity contribution in [1.82, 2.24) is 20.7 Å². The van der Waals surface area contributed by atoms with Crippen molar-refractivity contribution < 1.29 is 0 Å². The van der Waals surface area contributed by atoms with Gasteiger partial charge in [0.05, 0.1) is 0 Å². The number of hydrazine groups is 1. The number of anilines is 1. The SMILES string of the molecule is CCC(CC)N1CCN(c2ccc(-c3cccc(CNNC(N)=S)c3)cn2)CC1. The van der Waals surface area contributed by atoms with Crippen LogP contribution in [0.1, 0.15) is 32.3 Å². The molecule has 2 heterocycles. The second-order valence-electron chi connectivity index (χ2n) is 7.44. The van der Waals surface area contributed by atoms with E-state index in [9.17, 15) is 0 Å². The molecule has 0 spiro atoms. The minimum atomic E-state index is 0.238. The molecule has 6 nitrogen and oxygen atoms in total. The van der Waals surface area contributed by atoms with Crippen molar-refractivity contribution in [2.24, 2.45) is 5.73 Å². The Bertz CT molecular complexity index is 782. The van der Waals surface area contributed by atoms with Gasteiger partial charge < -0.3 is 10.6 Å². The fourth-order valence-electron chi connectivity index (χ4n) is 3.96. The third-order valence-corrected chi connectivity index (χ3v) is 5.71. The van der Waals surface area contributed by atoms with Crippen LogP contribution in [0.25, 0.3) is 11.1 Å². The topological polar surface area (TPSA) is 69.5 Å². The zero-order valence-electron chi connectivity index (χ0n) is 17.4. The molecule has 1 aromatic carbocycles. The number of thiocarbonyl (C=S) groups is 1. The molecule has 3 rings (SSSR count). The van der Waals surface area contributed by atoms with Gasteiger partial charge in [-0.25, -0.2) is 10.4 Å². The molecular formula is C22H32N6S. The fourth-order valence-corrected chi connectivity index (χ4v) is 4.03. The van der Waals surface area contributed by atoms with Crippen LogP contribution in [-0.2, 0) is 6.54 Å². The fraction of sp³-hybridized carbons (Fsp3) is 0.455. The number of nitrogens with one attached hydrogen (secondary N) is 2. The lowest BCUT2D eigenvalue weighted by atomic mass is 10.0. The van der Waals surface area contributed by atoms with Crippen LogP contribution in [-0.4, -0.2) is 47.2 Å². The van der Waals surface area contributed by atoms with E-state index in [0.29, 0.717) is 12.6 Å². The van der Waals surface area contributed by atoms with Crippen molar-refractivity contribution in [3.63, 3.8) is 0 Å². The average Bonchev–Trinajstić information content (AvgIpc) is 2.75. The summed E-state index contributed by atoms with van der Waals surface area (Å²) in [6.07, 6.45) is 4.43. The van der Waals surface area contributed by atoms with Crippen molar-refractivity contribution in [3.8, 4) is 11.1 Å². The largest absolute Gasteiger partial charge is 0.375 e. The standard InChI is InChI=1S/C22H32N6S/c1-3-20(4-2)27-10-12-28(13-11-27)21-9-8-19(16-24-21)18-7-5-6-17(14-18)15-25-26-22(23)29/h5-9,14,16,20,25H,3-4,10-13,15H2,1-2H3,(H3,23,26,29). The van der Waals surface area contributed by atoms with Gasteiger partial charge in [0.25, 0.3) is 0 Å². The van der Waals surface area contributed by atoms with Gasteiger partial charge in [-0.05, 0) is 54.4 Å². The zero-order chi connectivity index (χ0) is 20.6.